The highest BCUT2D eigenvalue weighted by atomic mass is 32.1. The summed E-state index contributed by atoms with van der Waals surface area (Å²) in [6.07, 6.45) is 0. The molecule has 5 nitrogen and oxygen atoms in total. The molecule has 0 aliphatic heterocycles. The van der Waals surface area contributed by atoms with E-state index in [2.05, 4.69) is 174 Å². The Labute approximate surface area is 341 Å². The number of benzene rings is 9. The summed E-state index contributed by atoms with van der Waals surface area (Å²) >= 11 is 1.80. The molecule has 9 aromatic carbocycles. The van der Waals surface area contributed by atoms with E-state index in [1.807, 2.05) is 12.1 Å². The minimum atomic E-state index is 0.586. The van der Waals surface area contributed by atoms with Crippen molar-refractivity contribution in [3.63, 3.8) is 0 Å². The Balaban J connectivity index is 1.16. The van der Waals surface area contributed by atoms with E-state index in [-0.39, 0.29) is 0 Å². The van der Waals surface area contributed by atoms with E-state index < -0.39 is 0 Å². The predicted octanol–water partition coefficient (Wildman–Crippen LogP) is 14.5. The Morgan fingerprint density at radius 1 is 0.390 bits per heavy atom. The van der Waals surface area contributed by atoms with Gasteiger partial charge in [-0.1, -0.05) is 133 Å². The lowest BCUT2D eigenvalue weighted by molar-refractivity contribution is 0.669. The molecule has 4 aromatic heterocycles. The smallest absolute Gasteiger partial charge is 0.166 e. The van der Waals surface area contributed by atoms with Crippen LogP contribution >= 0.6 is 11.3 Å². The second kappa shape index (κ2) is 12.4. The molecule has 0 aliphatic carbocycles. The predicted molar refractivity (Wildman–Crippen MR) is 246 cm³/mol. The molecule has 0 N–H and O–H groups in total. The number of fused-ring (bicyclic) bond motifs is 11. The van der Waals surface area contributed by atoms with E-state index in [4.69, 9.17) is 19.4 Å². The first-order valence-corrected chi connectivity index (χ1v) is 20.6. The van der Waals surface area contributed by atoms with Gasteiger partial charge in [-0.2, -0.15) is 0 Å². The van der Waals surface area contributed by atoms with Gasteiger partial charge in [0, 0.05) is 53.0 Å². The number of hydrogen-bond acceptors (Lipinski definition) is 5. The van der Waals surface area contributed by atoms with Crippen molar-refractivity contribution in [3.05, 3.63) is 182 Å². The summed E-state index contributed by atoms with van der Waals surface area (Å²) in [6.45, 7) is 0. The van der Waals surface area contributed by atoms with Crippen molar-refractivity contribution < 1.29 is 4.42 Å². The zero-order valence-corrected chi connectivity index (χ0v) is 32.2. The fraction of sp³-hybridized carbons (Fsp3) is 0. The monoisotopic (exact) mass is 770 g/mol. The summed E-state index contributed by atoms with van der Waals surface area (Å²) in [7, 11) is 0. The van der Waals surface area contributed by atoms with Gasteiger partial charge in [0.25, 0.3) is 0 Å². The van der Waals surface area contributed by atoms with Crippen LogP contribution in [0, 0.1) is 0 Å². The number of thiophene rings is 1. The number of furan rings is 1. The normalized spacial score (nSPS) is 12.1. The van der Waals surface area contributed by atoms with E-state index in [0.29, 0.717) is 17.5 Å². The Morgan fingerprint density at radius 2 is 1.05 bits per heavy atom. The van der Waals surface area contributed by atoms with Crippen LogP contribution in [0.25, 0.3) is 125 Å². The molecule has 0 aliphatic rings. The Morgan fingerprint density at radius 3 is 1.93 bits per heavy atom. The zero-order chi connectivity index (χ0) is 38.6. The minimum absolute atomic E-state index is 0.586. The van der Waals surface area contributed by atoms with Gasteiger partial charge in [0.15, 0.2) is 17.5 Å². The minimum Gasteiger partial charge on any atom is -0.456 e. The second-order valence-electron chi connectivity index (χ2n) is 15.1. The molecular formula is C53H30N4OS. The van der Waals surface area contributed by atoms with Gasteiger partial charge in [0.1, 0.15) is 11.2 Å². The van der Waals surface area contributed by atoms with Gasteiger partial charge in [0.2, 0.25) is 0 Å². The Kier molecular flexibility index (Phi) is 6.82. The Bertz CT molecular complexity index is 3870. The summed E-state index contributed by atoms with van der Waals surface area (Å²) in [6, 6.07) is 64.4. The van der Waals surface area contributed by atoms with Gasteiger partial charge >= 0.3 is 0 Å². The average molecular weight is 771 g/mol. The molecule has 6 heteroatoms. The van der Waals surface area contributed by atoms with Crippen molar-refractivity contribution in [1.82, 2.24) is 19.5 Å². The third kappa shape index (κ3) is 4.87. The third-order valence-electron chi connectivity index (χ3n) is 11.8. The fourth-order valence-electron chi connectivity index (χ4n) is 9.14. The van der Waals surface area contributed by atoms with Crippen LogP contribution < -0.4 is 0 Å². The van der Waals surface area contributed by atoms with Crippen molar-refractivity contribution in [2.24, 2.45) is 0 Å². The van der Waals surface area contributed by atoms with E-state index >= 15 is 0 Å². The Hall–Kier alpha value is -7.67. The van der Waals surface area contributed by atoms with Crippen molar-refractivity contribution >= 4 is 96.8 Å². The van der Waals surface area contributed by atoms with Crippen molar-refractivity contribution in [3.8, 4) is 39.9 Å². The number of para-hydroxylation sites is 2. The number of rotatable bonds is 4. The maximum Gasteiger partial charge on any atom is 0.166 e. The highest BCUT2D eigenvalue weighted by molar-refractivity contribution is 7.25. The number of nitrogens with zero attached hydrogens (tertiary/aromatic N) is 4. The number of hydrogen-bond donors (Lipinski definition) is 0. The van der Waals surface area contributed by atoms with Gasteiger partial charge in [-0.15, -0.1) is 11.3 Å². The van der Waals surface area contributed by atoms with Gasteiger partial charge in [0.05, 0.1) is 22.1 Å². The summed E-state index contributed by atoms with van der Waals surface area (Å²) in [5.41, 5.74) is 7.57. The molecule has 274 valence electrons. The summed E-state index contributed by atoms with van der Waals surface area (Å²) in [4.78, 5) is 16.2. The lowest BCUT2D eigenvalue weighted by Crippen LogP contribution is -2.04. The lowest BCUT2D eigenvalue weighted by atomic mass is 10.0. The average Bonchev–Trinajstić information content (AvgIpc) is 3.96. The first-order chi connectivity index (χ1) is 29.2. The highest BCUT2D eigenvalue weighted by Crippen LogP contribution is 2.44. The first kappa shape index (κ1) is 32.4. The standard InChI is InChI=1S/C53H30N4OS/c1-2-14-33-29-44-42(28-32(33)13-1)36-17-5-8-21-43(36)57(44)50-41(26-27-46-49(50)40-19-6-9-22-45(40)58-46)53-55-51(34-24-25-38-37-18-7-10-23-47(37)59-48(38)30-34)54-52(56-53)39-20-11-15-31-12-3-4-16-35(31)39/h1-30H. The zero-order valence-electron chi connectivity index (χ0n) is 31.4. The molecule has 0 saturated heterocycles. The maximum atomic E-state index is 6.61. The lowest BCUT2D eigenvalue weighted by Gasteiger charge is -2.16. The van der Waals surface area contributed by atoms with E-state index in [0.717, 1.165) is 66.1 Å². The fourth-order valence-corrected chi connectivity index (χ4v) is 10.3. The van der Waals surface area contributed by atoms with Gasteiger partial charge in [-0.3, -0.25) is 0 Å². The highest BCUT2D eigenvalue weighted by Gasteiger charge is 2.25. The van der Waals surface area contributed by atoms with Crippen LogP contribution in [0.4, 0.5) is 0 Å². The molecule has 0 saturated carbocycles. The SMILES string of the molecule is c1ccc2cc3c(cc2c1)c1ccccc1n3-c1c(-c2nc(-c3ccc4c(c3)sc3ccccc34)nc(-c3cccc4ccccc34)n2)ccc2oc3ccccc3c12. The van der Waals surface area contributed by atoms with Crippen LogP contribution in [0.3, 0.4) is 0 Å². The third-order valence-corrected chi connectivity index (χ3v) is 13.0. The van der Waals surface area contributed by atoms with Crippen LogP contribution in [0.2, 0.25) is 0 Å². The largest absolute Gasteiger partial charge is 0.456 e. The van der Waals surface area contributed by atoms with Crippen molar-refractivity contribution in [1.29, 1.82) is 0 Å². The second-order valence-corrected chi connectivity index (χ2v) is 16.2. The van der Waals surface area contributed by atoms with Gasteiger partial charge in [-0.25, -0.2) is 15.0 Å². The molecule has 59 heavy (non-hydrogen) atoms. The molecular weight excluding hydrogens is 741 g/mol. The molecule has 13 aromatic rings. The molecule has 0 amide bonds. The van der Waals surface area contributed by atoms with Crippen molar-refractivity contribution in [2.75, 3.05) is 0 Å². The summed E-state index contributed by atoms with van der Waals surface area (Å²) in [5.74, 6) is 1.83. The molecule has 4 heterocycles. The molecule has 0 unspecified atom stereocenters. The van der Waals surface area contributed by atoms with Gasteiger partial charge < -0.3 is 8.98 Å². The maximum absolute atomic E-state index is 6.61. The topological polar surface area (TPSA) is 56.7 Å². The molecule has 0 radical (unpaired) electrons. The molecule has 0 bridgehead atoms. The summed E-state index contributed by atoms with van der Waals surface area (Å²) < 4.78 is 11.5. The number of aromatic nitrogens is 4. The molecule has 0 atom stereocenters. The van der Waals surface area contributed by atoms with E-state index in [9.17, 15) is 0 Å². The van der Waals surface area contributed by atoms with E-state index in [1.54, 1.807) is 11.3 Å². The van der Waals surface area contributed by atoms with Crippen LogP contribution in [0.5, 0.6) is 0 Å². The molecule has 13 rings (SSSR count). The van der Waals surface area contributed by atoms with Crippen LogP contribution in [-0.4, -0.2) is 19.5 Å². The van der Waals surface area contributed by atoms with Crippen molar-refractivity contribution in [2.45, 2.75) is 0 Å². The quantitative estimate of drug-likeness (QED) is 0.179. The van der Waals surface area contributed by atoms with Crippen LogP contribution in [0.15, 0.2) is 186 Å². The van der Waals surface area contributed by atoms with Crippen LogP contribution in [0.1, 0.15) is 0 Å². The molecule has 0 fully saturated rings. The van der Waals surface area contributed by atoms with E-state index in [1.165, 1.54) is 41.7 Å². The molecule has 0 spiro atoms. The van der Waals surface area contributed by atoms with Crippen LogP contribution in [-0.2, 0) is 0 Å². The summed E-state index contributed by atoms with van der Waals surface area (Å²) in [5, 5.41) is 11.5. The van der Waals surface area contributed by atoms with Gasteiger partial charge in [-0.05, 0) is 70.1 Å². The first-order valence-electron chi connectivity index (χ1n) is 19.8.